The molecule has 1 aromatic heterocycles. The standard InChI is InChI=1S/C20H20ClN3O2/c21-18-12-15(24-19(25)11-14-5-1-2-6-14)8-9-17(18)20(26)23-13-16-7-3-4-10-22-16/h1,3-5,7-10,12,14H,2,6,11,13H2,(H,23,26)(H,24,25)/t14-/m1/s1. The van der Waals surface area contributed by atoms with Crippen LogP contribution in [0.25, 0.3) is 0 Å². The van der Waals surface area contributed by atoms with Gasteiger partial charge in [-0.2, -0.15) is 0 Å². The molecular formula is C20H20ClN3O2. The maximum absolute atomic E-state index is 12.3. The second kappa shape index (κ2) is 8.63. The van der Waals surface area contributed by atoms with Gasteiger partial charge in [0.1, 0.15) is 0 Å². The molecule has 0 spiro atoms. The Morgan fingerprint density at radius 1 is 1.23 bits per heavy atom. The lowest BCUT2D eigenvalue weighted by Crippen LogP contribution is -2.23. The molecule has 1 atom stereocenters. The summed E-state index contributed by atoms with van der Waals surface area (Å²) < 4.78 is 0. The third kappa shape index (κ3) is 4.92. The largest absolute Gasteiger partial charge is 0.346 e. The van der Waals surface area contributed by atoms with Crippen LogP contribution in [0.3, 0.4) is 0 Å². The number of hydrogen-bond donors (Lipinski definition) is 2. The Hall–Kier alpha value is -2.66. The molecular weight excluding hydrogens is 350 g/mol. The molecule has 2 aromatic rings. The molecule has 134 valence electrons. The number of carbonyl (C=O) groups is 2. The van der Waals surface area contributed by atoms with Crippen molar-refractivity contribution in [3.05, 3.63) is 71.0 Å². The summed E-state index contributed by atoms with van der Waals surface area (Å²) in [6.45, 7) is 0.323. The van der Waals surface area contributed by atoms with Gasteiger partial charge in [0.2, 0.25) is 5.91 Å². The summed E-state index contributed by atoms with van der Waals surface area (Å²) in [7, 11) is 0. The second-order valence-electron chi connectivity index (χ2n) is 6.22. The zero-order chi connectivity index (χ0) is 18.4. The molecule has 1 aliphatic carbocycles. The van der Waals surface area contributed by atoms with Crippen LogP contribution in [0.4, 0.5) is 5.69 Å². The molecule has 1 aromatic carbocycles. The van der Waals surface area contributed by atoms with E-state index in [1.54, 1.807) is 24.4 Å². The Kier molecular flexibility index (Phi) is 6.02. The lowest BCUT2D eigenvalue weighted by molar-refractivity contribution is -0.116. The molecule has 0 saturated carbocycles. The van der Waals surface area contributed by atoms with Gasteiger partial charge in [-0.05, 0) is 49.1 Å². The molecule has 1 heterocycles. The Bertz CT molecular complexity index is 821. The lowest BCUT2D eigenvalue weighted by atomic mass is 10.0. The van der Waals surface area contributed by atoms with E-state index in [1.807, 2.05) is 18.2 Å². The molecule has 5 nitrogen and oxygen atoms in total. The fourth-order valence-electron chi connectivity index (χ4n) is 2.86. The van der Waals surface area contributed by atoms with Crippen LogP contribution in [0.1, 0.15) is 35.3 Å². The van der Waals surface area contributed by atoms with Crippen molar-refractivity contribution >= 4 is 29.1 Å². The van der Waals surface area contributed by atoms with Crippen LogP contribution in [0, 0.1) is 5.92 Å². The Morgan fingerprint density at radius 3 is 2.81 bits per heavy atom. The number of allylic oxidation sites excluding steroid dienone is 2. The topological polar surface area (TPSA) is 71.1 Å². The minimum Gasteiger partial charge on any atom is -0.346 e. The molecule has 3 rings (SSSR count). The van der Waals surface area contributed by atoms with E-state index < -0.39 is 0 Å². The zero-order valence-corrected chi connectivity index (χ0v) is 15.0. The van der Waals surface area contributed by atoms with Gasteiger partial charge in [0.05, 0.1) is 22.8 Å². The molecule has 2 amide bonds. The van der Waals surface area contributed by atoms with Gasteiger partial charge in [-0.15, -0.1) is 0 Å². The van der Waals surface area contributed by atoms with Crippen molar-refractivity contribution < 1.29 is 9.59 Å². The first kappa shape index (κ1) is 18.1. The highest BCUT2D eigenvalue weighted by atomic mass is 35.5. The number of rotatable bonds is 6. The maximum Gasteiger partial charge on any atom is 0.253 e. The fraction of sp³-hybridized carbons (Fsp3) is 0.250. The van der Waals surface area contributed by atoms with E-state index in [0.717, 1.165) is 18.5 Å². The van der Waals surface area contributed by atoms with Crippen molar-refractivity contribution in [3.8, 4) is 0 Å². The molecule has 0 unspecified atom stereocenters. The monoisotopic (exact) mass is 369 g/mol. The highest BCUT2D eigenvalue weighted by molar-refractivity contribution is 6.34. The first-order chi connectivity index (χ1) is 12.6. The predicted octanol–water partition coefficient (Wildman–Crippen LogP) is 3.96. The minimum absolute atomic E-state index is 0.0510. The number of carbonyl (C=O) groups excluding carboxylic acids is 2. The molecule has 26 heavy (non-hydrogen) atoms. The highest BCUT2D eigenvalue weighted by Crippen LogP contribution is 2.23. The van der Waals surface area contributed by atoms with Crippen LogP contribution in [0.15, 0.2) is 54.7 Å². The fourth-order valence-corrected chi connectivity index (χ4v) is 3.13. The third-order valence-corrected chi connectivity index (χ3v) is 4.53. The van der Waals surface area contributed by atoms with Crippen LogP contribution in [0.2, 0.25) is 5.02 Å². The number of amides is 2. The van der Waals surface area contributed by atoms with Crippen molar-refractivity contribution in [2.75, 3.05) is 5.32 Å². The number of nitrogens with zero attached hydrogens (tertiary/aromatic N) is 1. The zero-order valence-electron chi connectivity index (χ0n) is 14.2. The van der Waals surface area contributed by atoms with E-state index in [2.05, 4.69) is 27.8 Å². The van der Waals surface area contributed by atoms with Gasteiger partial charge in [0.25, 0.3) is 5.91 Å². The van der Waals surface area contributed by atoms with Crippen LogP contribution < -0.4 is 10.6 Å². The summed E-state index contributed by atoms with van der Waals surface area (Å²) in [5, 5.41) is 5.91. The molecule has 0 radical (unpaired) electrons. The Balaban J connectivity index is 1.57. The van der Waals surface area contributed by atoms with E-state index in [0.29, 0.717) is 35.2 Å². The van der Waals surface area contributed by atoms with Crippen LogP contribution in [0.5, 0.6) is 0 Å². The van der Waals surface area contributed by atoms with Crippen LogP contribution >= 0.6 is 11.6 Å². The van der Waals surface area contributed by atoms with Crippen molar-refractivity contribution in [1.82, 2.24) is 10.3 Å². The summed E-state index contributed by atoms with van der Waals surface area (Å²) in [4.78, 5) is 28.5. The number of benzene rings is 1. The van der Waals surface area contributed by atoms with E-state index in [9.17, 15) is 9.59 Å². The summed E-state index contributed by atoms with van der Waals surface area (Å²) in [6.07, 6.45) is 8.37. The SMILES string of the molecule is O=C(C[C@@H]1C=CCC1)Nc1ccc(C(=O)NCc2ccccn2)c(Cl)c1. The smallest absolute Gasteiger partial charge is 0.253 e. The van der Waals surface area contributed by atoms with E-state index in [-0.39, 0.29) is 11.8 Å². The summed E-state index contributed by atoms with van der Waals surface area (Å²) in [5.74, 6) is -0.0262. The number of nitrogens with one attached hydrogen (secondary N) is 2. The quantitative estimate of drug-likeness (QED) is 0.757. The number of aromatic nitrogens is 1. The number of halogens is 1. The average Bonchev–Trinajstić information content (AvgIpc) is 3.13. The first-order valence-electron chi connectivity index (χ1n) is 8.56. The van der Waals surface area contributed by atoms with Crippen molar-refractivity contribution in [2.45, 2.75) is 25.8 Å². The van der Waals surface area contributed by atoms with Crippen LogP contribution in [-0.2, 0) is 11.3 Å². The average molecular weight is 370 g/mol. The molecule has 1 aliphatic rings. The van der Waals surface area contributed by atoms with E-state index >= 15 is 0 Å². The Morgan fingerprint density at radius 2 is 2.12 bits per heavy atom. The van der Waals surface area contributed by atoms with Gasteiger partial charge in [0, 0.05) is 18.3 Å². The molecule has 0 aliphatic heterocycles. The van der Waals surface area contributed by atoms with Crippen molar-refractivity contribution in [2.24, 2.45) is 5.92 Å². The number of hydrogen-bond acceptors (Lipinski definition) is 3. The lowest BCUT2D eigenvalue weighted by Gasteiger charge is -2.11. The summed E-state index contributed by atoms with van der Waals surface area (Å²) in [5.41, 5.74) is 1.71. The Labute approximate surface area is 157 Å². The van der Waals surface area contributed by atoms with Crippen molar-refractivity contribution in [1.29, 1.82) is 0 Å². The summed E-state index contributed by atoms with van der Waals surface area (Å²) >= 11 is 6.22. The van der Waals surface area contributed by atoms with E-state index in [4.69, 9.17) is 11.6 Å². The number of pyridine rings is 1. The molecule has 0 fully saturated rings. The molecule has 0 bridgehead atoms. The maximum atomic E-state index is 12.3. The molecule has 0 saturated heterocycles. The molecule has 6 heteroatoms. The minimum atomic E-state index is -0.283. The van der Waals surface area contributed by atoms with Crippen LogP contribution in [-0.4, -0.2) is 16.8 Å². The normalized spacial score (nSPS) is 15.7. The van der Waals surface area contributed by atoms with Gasteiger partial charge in [-0.3, -0.25) is 14.6 Å². The van der Waals surface area contributed by atoms with Gasteiger partial charge in [-0.1, -0.05) is 29.8 Å². The highest BCUT2D eigenvalue weighted by Gasteiger charge is 2.15. The van der Waals surface area contributed by atoms with Gasteiger partial charge < -0.3 is 10.6 Å². The first-order valence-corrected chi connectivity index (χ1v) is 8.94. The number of anilines is 1. The van der Waals surface area contributed by atoms with Gasteiger partial charge in [0.15, 0.2) is 0 Å². The van der Waals surface area contributed by atoms with E-state index in [1.165, 1.54) is 0 Å². The second-order valence-corrected chi connectivity index (χ2v) is 6.62. The summed E-state index contributed by atoms with van der Waals surface area (Å²) in [6, 6.07) is 10.4. The van der Waals surface area contributed by atoms with Crippen molar-refractivity contribution in [3.63, 3.8) is 0 Å². The third-order valence-electron chi connectivity index (χ3n) is 4.21. The predicted molar refractivity (Wildman–Crippen MR) is 102 cm³/mol. The van der Waals surface area contributed by atoms with Gasteiger partial charge in [-0.25, -0.2) is 0 Å². The molecule has 2 N–H and O–H groups in total. The van der Waals surface area contributed by atoms with Gasteiger partial charge >= 0.3 is 0 Å².